The topological polar surface area (TPSA) is 45.7 Å². The summed E-state index contributed by atoms with van der Waals surface area (Å²) in [5.74, 6) is 0.596. The molecule has 0 aliphatic heterocycles. The molecule has 0 bridgehead atoms. The van der Waals surface area contributed by atoms with E-state index < -0.39 is 0 Å². The molecule has 0 aliphatic rings. The van der Waals surface area contributed by atoms with Crippen LogP contribution >= 0.6 is 24.0 Å². The molecule has 1 unspecified atom stereocenters. The summed E-state index contributed by atoms with van der Waals surface area (Å²) in [5, 5.41) is 6.58. The van der Waals surface area contributed by atoms with Crippen LogP contribution in [0.1, 0.15) is 24.5 Å². The molecule has 4 nitrogen and oxygen atoms in total. The summed E-state index contributed by atoms with van der Waals surface area (Å²) in [6.07, 6.45) is 2.01. The van der Waals surface area contributed by atoms with Gasteiger partial charge in [-0.2, -0.15) is 0 Å². The van der Waals surface area contributed by atoms with E-state index >= 15 is 0 Å². The Hall–Kier alpha value is -1.83. The van der Waals surface area contributed by atoms with Gasteiger partial charge in [0.1, 0.15) is 0 Å². The lowest BCUT2D eigenvalue weighted by molar-refractivity contribution is 0.386. The molecule has 0 saturated heterocycles. The number of halogens is 2. The van der Waals surface area contributed by atoms with Crippen molar-refractivity contribution in [1.82, 2.24) is 10.6 Å². The third-order valence-corrected chi connectivity index (χ3v) is 3.99. The van der Waals surface area contributed by atoms with Crippen LogP contribution in [0.2, 0.25) is 0 Å². The maximum atomic E-state index is 13.7. The number of ether oxygens (including phenoxy) is 1. The van der Waals surface area contributed by atoms with Crippen molar-refractivity contribution in [2.24, 2.45) is 4.99 Å². The van der Waals surface area contributed by atoms with Crippen LogP contribution in [-0.2, 0) is 13.0 Å². The second-order valence-corrected chi connectivity index (χ2v) is 5.96. The summed E-state index contributed by atoms with van der Waals surface area (Å²) < 4.78 is 18.7. The Labute approximate surface area is 172 Å². The van der Waals surface area contributed by atoms with Crippen molar-refractivity contribution in [2.75, 3.05) is 14.2 Å². The summed E-state index contributed by atoms with van der Waals surface area (Å²) in [5.41, 5.74) is 2.16. The Bertz CT molecular complexity index is 695. The van der Waals surface area contributed by atoms with Crippen molar-refractivity contribution in [3.63, 3.8) is 0 Å². The minimum atomic E-state index is -0.360. The molecule has 0 radical (unpaired) electrons. The minimum Gasteiger partial charge on any atom is -0.494 e. The number of aryl methyl sites for hydroxylation is 1. The molecule has 6 heteroatoms. The van der Waals surface area contributed by atoms with E-state index in [1.54, 1.807) is 13.1 Å². The number of hydrogen-bond acceptors (Lipinski definition) is 2. The van der Waals surface area contributed by atoms with Crippen molar-refractivity contribution in [3.8, 4) is 5.75 Å². The van der Waals surface area contributed by atoms with Gasteiger partial charge in [0.25, 0.3) is 0 Å². The summed E-state index contributed by atoms with van der Waals surface area (Å²) >= 11 is 0. The van der Waals surface area contributed by atoms with E-state index in [-0.39, 0.29) is 41.6 Å². The van der Waals surface area contributed by atoms with E-state index in [2.05, 4.69) is 46.8 Å². The average molecular weight is 471 g/mol. The standard InChI is InChI=1S/C20H26FN3O.HI/c1-15(9-10-16-7-5-4-6-8-16)24-20(22-2)23-14-17-11-12-19(25-3)18(21)13-17;/h4-8,11-13,15H,9-10,14H2,1-3H3,(H2,22,23,24);1H. The molecule has 2 N–H and O–H groups in total. The predicted molar refractivity (Wildman–Crippen MR) is 116 cm³/mol. The molecule has 0 fully saturated rings. The quantitative estimate of drug-likeness (QED) is 0.363. The third-order valence-electron chi connectivity index (χ3n) is 3.99. The van der Waals surface area contributed by atoms with E-state index in [4.69, 9.17) is 4.74 Å². The number of nitrogens with zero attached hydrogens (tertiary/aromatic N) is 1. The Balaban J connectivity index is 0.00000338. The number of methoxy groups -OCH3 is 1. The first-order valence-electron chi connectivity index (χ1n) is 8.46. The zero-order valence-electron chi connectivity index (χ0n) is 15.5. The first-order valence-corrected chi connectivity index (χ1v) is 8.46. The fraction of sp³-hybridized carbons (Fsp3) is 0.350. The van der Waals surface area contributed by atoms with Crippen LogP contribution in [0, 0.1) is 5.82 Å². The maximum absolute atomic E-state index is 13.7. The van der Waals surface area contributed by atoms with Crippen LogP contribution in [-0.4, -0.2) is 26.2 Å². The third kappa shape index (κ3) is 7.19. The molecular weight excluding hydrogens is 444 g/mol. The molecule has 1 atom stereocenters. The van der Waals surface area contributed by atoms with Crippen molar-refractivity contribution >= 4 is 29.9 Å². The Morgan fingerprint density at radius 2 is 1.88 bits per heavy atom. The number of aliphatic imine (C=N–C) groups is 1. The van der Waals surface area contributed by atoms with Gasteiger partial charge in [-0.15, -0.1) is 24.0 Å². The van der Waals surface area contributed by atoms with Crippen molar-refractivity contribution < 1.29 is 9.13 Å². The summed E-state index contributed by atoms with van der Waals surface area (Å²) in [4.78, 5) is 4.23. The zero-order chi connectivity index (χ0) is 18.1. The second-order valence-electron chi connectivity index (χ2n) is 5.96. The number of benzene rings is 2. The van der Waals surface area contributed by atoms with Gasteiger partial charge >= 0.3 is 0 Å². The van der Waals surface area contributed by atoms with Gasteiger partial charge in [-0.3, -0.25) is 4.99 Å². The largest absolute Gasteiger partial charge is 0.494 e. The van der Waals surface area contributed by atoms with Gasteiger partial charge < -0.3 is 15.4 Å². The van der Waals surface area contributed by atoms with Crippen molar-refractivity contribution in [1.29, 1.82) is 0 Å². The Morgan fingerprint density at radius 3 is 2.50 bits per heavy atom. The average Bonchev–Trinajstić information content (AvgIpc) is 2.64. The van der Waals surface area contributed by atoms with Gasteiger partial charge in [0.15, 0.2) is 17.5 Å². The van der Waals surface area contributed by atoms with E-state index in [1.807, 2.05) is 12.1 Å². The van der Waals surface area contributed by atoms with E-state index in [9.17, 15) is 4.39 Å². The SMILES string of the molecule is CN=C(NCc1ccc(OC)c(F)c1)NC(C)CCc1ccccc1.I. The molecular formula is C20H27FIN3O. The highest BCUT2D eigenvalue weighted by Gasteiger charge is 2.07. The van der Waals surface area contributed by atoms with Crippen molar-refractivity contribution in [3.05, 3.63) is 65.5 Å². The zero-order valence-corrected chi connectivity index (χ0v) is 17.8. The highest BCUT2D eigenvalue weighted by molar-refractivity contribution is 14.0. The summed E-state index contributed by atoms with van der Waals surface area (Å²) in [7, 11) is 3.19. The fourth-order valence-electron chi connectivity index (χ4n) is 2.53. The first-order chi connectivity index (χ1) is 12.1. The highest BCUT2D eigenvalue weighted by Crippen LogP contribution is 2.17. The molecule has 0 aliphatic carbocycles. The molecule has 2 rings (SSSR count). The van der Waals surface area contributed by atoms with Gasteiger partial charge in [-0.25, -0.2) is 4.39 Å². The molecule has 0 aromatic heterocycles. The molecule has 0 heterocycles. The first kappa shape index (κ1) is 22.2. The van der Waals surface area contributed by atoms with E-state index in [0.717, 1.165) is 18.4 Å². The molecule has 0 saturated carbocycles. The van der Waals surface area contributed by atoms with E-state index in [0.29, 0.717) is 12.5 Å². The molecule has 26 heavy (non-hydrogen) atoms. The number of hydrogen-bond donors (Lipinski definition) is 2. The van der Waals surface area contributed by atoms with E-state index in [1.165, 1.54) is 18.7 Å². The van der Waals surface area contributed by atoms with Crippen LogP contribution < -0.4 is 15.4 Å². The van der Waals surface area contributed by atoms with Crippen LogP contribution in [0.5, 0.6) is 5.75 Å². The predicted octanol–water partition coefficient (Wildman–Crippen LogP) is 4.14. The fourth-order valence-corrected chi connectivity index (χ4v) is 2.53. The molecule has 0 amide bonds. The lowest BCUT2D eigenvalue weighted by atomic mass is 10.1. The monoisotopic (exact) mass is 471 g/mol. The number of guanidine groups is 1. The van der Waals surface area contributed by atoms with Crippen LogP contribution in [0.25, 0.3) is 0 Å². The van der Waals surface area contributed by atoms with Gasteiger partial charge in [0, 0.05) is 19.6 Å². The summed E-state index contributed by atoms with van der Waals surface area (Å²) in [6, 6.07) is 15.6. The van der Waals surface area contributed by atoms with Gasteiger partial charge in [0.05, 0.1) is 7.11 Å². The smallest absolute Gasteiger partial charge is 0.191 e. The lowest BCUT2D eigenvalue weighted by Crippen LogP contribution is -2.42. The van der Waals surface area contributed by atoms with Gasteiger partial charge in [-0.05, 0) is 43.0 Å². The summed E-state index contributed by atoms with van der Waals surface area (Å²) in [6.45, 7) is 2.62. The Morgan fingerprint density at radius 1 is 1.15 bits per heavy atom. The van der Waals surface area contributed by atoms with Crippen molar-refractivity contribution in [2.45, 2.75) is 32.4 Å². The number of nitrogens with one attached hydrogen (secondary N) is 2. The highest BCUT2D eigenvalue weighted by atomic mass is 127. The molecule has 142 valence electrons. The molecule has 2 aromatic rings. The molecule has 2 aromatic carbocycles. The molecule has 0 spiro atoms. The lowest BCUT2D eigenvalue weighted by Gasteiger charge is -2.18. The van der Waals surface area contributed by atoms with Gasteiger partial charge in [0.2, 0.25) is 0 Å². The van der Waals surface area contributed by atoms with Crippen LogP contribution in [0.3, 0.4) is 0 Å². The second kappa shape index (κ2) is 11.7. The maximum Gasteiger partial charge on any atom is 0.191 e. The minimum absolute atomic E-state index is 0. The van der Waals surface area contributed by atoms with Crippen LogP contribution in [0.4, 0.5) is 4.39 Å². The van der Waals surface area contributed by atoms with Gasteiger partial charge in [-0.1, -0.05) is 36.4 Å². The normalized spacial score (nSPS) is 12.1. The number of rotatable bonds is 7. The van der Waals surface area contributed by atoms with Crippen LogP contribution in [0.15, 0.2) is 53.5 Å². The Kier molecular flexibility index (Phi) is 10.0.